The van der Waals surface area contributed by atoms with Gasteiger partial charge in [-0.15, -0.1) is 0 Å². The summed E-state index contributed by atoms with van der Waals surface area (Å²) in [5.41, 5.74) is 0.260. The number of imide groups is 1. The molecule has 3 saturated carbocycles. The number of amides is 2. The van der Waals surface area contributed by atoms with Crippen LogP contribution in [-0.4, -0.2) is 41.1 Å². The van der Waals surface area contributed by atoms with Crippen LogP contribution in [0.1, 0.15) is 42.5 Å². The van der Waals surface area contributed by atoms with Crippen LogP contribution in [0.2, 0.25) is 10.0 Å². The van der Waals surface area contributed by atoms with Crippen molar-refractivity contribution in [2.45, 2.75) is 38.1 Å². The summed E-state index contributed by atoms with van der Waals surface area (Å²) in [6, 6.07) is 4.39. The molecule has 5 aliphatic carbocycles. The maximum Gasteiger partial charge on any atom is 0.309 e. The Balaban J connectivity index is 1.04. The highest BCUT2D eigenvalue weighted by Crippen LogP contribution is 2.65. The Hall–Kier alpha value is -2.18. The zero-order valence-electron chi connectivity index (χ0n) is 18.5. The number of allylic oxidation sites excluding steroid dienone is 2. The van der Waals surface area contributed by atoms with Gasteiger partial charge in [-0.3, -0.25) is 24.1 Å². The molecule has 1 aromatic carbocycles. The van der Waals surface area contributed by atoms with Crippen LogP contribution in [0.5, 0.6) is 0 Å². The molecule has 7 rings (SSSR count). The predicted molar refractivity (Wildman–Crippen MR) is 124 cm³/mol. The summed E-state index contributed by atoms with van der Waals surface area (Å²) < 4.78 is 5.28. The lowest BCUT2D eigenvalue weighted by atomic mass is 9.63. The van der Waals surface area contributed by atoms with Gasteiger partial charge in [0, 0.05) is 16.6 Å². The van der Waals surface area contributed by atoms with Crippen LogP contribution in [0, 0.1) is 41.4 Å². The van der Waals surface area contributed by atoms with E-state index in [1.54, 1.807) is 11.0 Å². The Labute approximate surface area is 207 Å². The quantitative estimate of drug-likeness (QED) is 0.259. The second-order valence-electron chi connectivity index (χ2n) is 10.4. The molecule has 34 heavy (non-hydrogen) atoms. The summed E-state index contributed by atoms with van der Waals surface area (Å²) in [5.74, 6) is 0.0940. The lowest BCUT2D eigenvalue weighted by molar-refractivity contribution is -0.149. The summed E-state index contributed by atoms with van der Waals surface area (Å²) in [6.45, 7) is -0.384. The van der Waals surface area contributed by atoms with Crippen molar-refractivity contribution in [1.82, 2.24) is 4.90 Å². The summed E-state index contributed by atoms with van der Waals surface area (Å²) in [7, 11) is 0. The number of ketones is 1. The first kappa shape index (κ1) is 22.3. The second-order valence-corrected chi connectivity index (χ2v) is 11.2. The van der Waals surface area contributed by atoms with Gasteiger partial charge in [-0.1, -0.05) is 35.4 Å². The average molecular weight is 502 g/mol. The number of esters is 1. The number of benzene rings is 1. The molecule has 1 aromatic rings. The first-order valence-corrected chi connectivity index (χ1v) is 12.8. The molecule has 178 valence electrons. The zero-order valence-corrected chi connectivity index (χ0v) is 20.0. The van der Waals surface area contributed by atoms with Crippen LogP contribution in [0.15, 0.2) is 30.4 Å². The molecule has 0 N–H and O–H groups in total. The number of carbonyl (C=O) groups is 4. The summed E-state index contributed by atoms with van der Waals surface area (Å²) in [6.07, 6.45) is 7.74. The first-order chi connectivity index (χ1) is 16.3. The topological polar surface area (TPSA) is 80.8 Å². The molecule has 0 spiro atoms. The SMILES string of the molecule is O=C(COC(=O)C1CCC(N2C(=O)[C@@H]3[C@@H]4C=C[C@H]([C@H]5C[C@H]45)[C@@H]3C2=O)CC1)c1ccc(Cl)cc1Cl. The Morgan fingerprint density at radius 1 is 0.941 bits per heavy atom. The highest BCUT2D eigenvalue weighted by molar-refractivity contribution is 6.36. The Morgan fingerprint density at radius 2 is 1.56 bits per heavy atom. The standard InChI is InChI=1S/C26H25Cl2NO5/c27-13-3-6-17(20(28)9-13)21(30)11-34-26(33)12-1-4-14(5-2-12)29-24(31)22-15-7-8-16(19-10-18(15)19)23(22)25(29)32/h3,6-9,12,14-16,18-19,22-23H,1-2,4-5,10-11H2/t12?,14?,15-,16-,18-,19-,22-,23+/m1/s1. The molecule has 0 radical (unpaired) electrons. The predicted octanol–water partition coefficient (Wildman–Crippen LogP) is 4.33. The third-order valence-electron chi connectivity index (χ3n) is 8.67. The van der Waals surface area contributed by atoms with Crippen molar-refractivity contribution in [2.75, 3.05) is 6.61 Å². The van der Waals surface area contributed by atoms with Gasteiger partial charge in [-0.05, 0) is 74.0 Å². The minimum absolute atomic E-state index is 0.00355. The van der Waals surface area contributed by atoms with Crippen molar-refractivity contribution in [3.05, 3.63) is 46.0 Å². The Bertz CT molecular complexity index is 1090. The van der Waals surface area contributed by atoms with E-state index in [9.17, 15) is 19.2 Å². The van der Waals surface area contributed by atoms with E-state index in [1.807, 2.05) is 0 Å². The molecule has 1 aliphatic heterocycles. The smallest absolute Gasteiger partial charge is 0.309 e. The van der Waals surface area contributed by atoms with Crippen LogP contribution in [0.3, 0.4) is 0 Å². The normalized spacial score (nSPS) is 37.4. The van der Waals surface area contributed by atoms with Crippen LogP contribution >= 0.6 is 23.2 Å². The Morgan fingerprint density at radius 3 is 2.15 bits per heavy atom. The van der Waals surface area contributed by atoms with Crippen molar-refractivity contribution < 1.29 is 23.9 Å². The van der Waals surface area contributed by atoms with Gasteiger partial charge in [0.1, 0.15) is 0 Å². The van der Waals surface area contributed by atoms with Crippen molar-refractivity contribution in [2.24, 2.45) is 41.4 Å². The van der Waals surface area contributed by atoms with E-state index in [2.05, 4.69) is 12.2 Å². The lowest BCUT2D eigenvalue weighted by Crippen LogP contribution is -2.44. The van der Waals surface area contributed by atoms with E-state index >= 15 is 0 Å². The molecule has 0 aromatic heterocycles. The summed E-state index contributed by atoms with van der Waals surface area (Å²) in [5, 5.41) is 0.640. The molecule has 8 heteroatoms. The zero-order chi connectivity index (χ0) is 23.7. The molecule has 4 fully saturated rings. The highest BCUT2D eigenvalue weighted by atomic mass is 35.5. The van der Waals surface area contributed by atoms with Crippen LogP contribution in [-0.2, 0) is 19.1 Å². The van der Waals surface area contributed by atoms with Crippen LogP contribution in [0.25, 0.3) is 0 Å². The van der Waals surface area contributed by atoms with Gasteiger partial charge in [0.25, 0.3) is 0 Å². The molecular formula is C26H25Cl2NO5. The van der Waals surface area contributed by atoms with Crippen molar-refractivity contribution >= 4 is 46.8 Å². The molecule has 1 heterocycles. The Kier molecular flexibility index (Phi) is 5.38. The molecule has 2 bridgehead atoms. The minimum Gasteiger partial charge on any atom is -0.457 e. The van der Waals surface area contributed by atoms with E-state index in [0.29, 0.717) is 42.5 Å². The van der Waals surface area contributed by atoms with Gasteiger partial charge in [-0.25, -0.2) is 0 Å². The largest absolute Gasteiger partial charge is 0.457 e. The fourth-order valence-corrected chi connectivity index (χ4v) is 7.47. The van der Waals surface area contributed by atoms with Gasteiger partial charge in [0.2, 0.25) is 17.6 Å². The average Bonchev–Trinajstić information content (AvgIpc) is 3.61. The fraction of sp³-hybridized carbons (Fsp3) is 0.538. The van der Waals surface area contributed by atoms with Gasteiger partial charge in [0.15, 0.2) is 6.61 Å². The molecule has 6 atom stereocenters. The number of ether oxygens (including phenoxy) is 1. The molecular weight excluding hydrogens is 477 g/mol. The molecule has 2 amide bonds. The van der Waals surface area contributed by atoms with Crippen LogP contribution < -0.4 is 0 Å². The number of halogens is 2. The molecule has 0 unspecified atom stereocenters. The number of carbonyl (C=O) groups excluding carboxylic acids is 4. The van der Waals surface area contributed by atoms with E-state index in [4.69, 9.17) is 27.9 Å². The molecule has 6 aliphatic rings. The number of likely N-dealkylation sites (tertiary alicyclic amines) is 1. The third-order valence-corrected chi connectivity index (χ3v) is 9.22. The summed E-state index contributed by atoms with van der Waals surface area (Å²) in [4.78, 5) is 53.1. The number of hydrogen-bond donors (Lipinski definition) is 0. The third kappa shape index (κ3) is 3.44. The summed E-state index contributed by atoms with van der Waals surface area (Å²) >= 11 is 11.9. The number of hydrogen-bond acceptors (Lipinski definition) is 5. The maximum atomic E-state index is 13.3. The van der Waals surface area contributed by atoms with E-state index < -0.39 is 5.97 Å². The van der Waals surface area contributed by atoms with Crippen LogP contribution in [0.4, 0.5) is 0 Å². The van der Waals surface area contributed by atoms with E-state index in [1.165, 1.54) is 12.1 Å². The number of nitrogens with zero attached hydrogens (tertiary/aromatic N) is 1. The van der Waals surface area contributed by atoms with E-state index in [0.717, 1.165) is 6.42 Å². The number of Topliss-reactive ketones (excluding diaryl/α,β-unsaturated/α-hetero) is 1. The number of rotatable bonds is 5. The van der Waals surface area contributed by atoms with E-state index in [-0.39, 0.29) is 70.4 Å². The maximum absolute atomic E-state index is 13.3. The second kappa shape index (κ2) is 8.20. The first-order valence-electron chi connectivity index (χ1n) is 12.0. The van der Waals surface area contributed by atoms with Crippen molar-refractivity contribution in [3.63, 3.8) is 0 Å². The van der Waals surface area contributed by atoms with Crippen molar-refractivity contribution in [3.8, 4) is 0 Å². The molecule has 6 nitrogen and oxygen atoms in total. The minimum atomic E-state index is -0.424. The monoisotopic (exact) mass is 501 g/mol. The lowest BCUT2D eigenvalue weighted by Gasteiger charge is -2.37. The molecule has 1 saturated heterocycles. The van der Waals surface area contributed by atoms with Gasteiger partial charge < -0.3 is 4.74 Å². The van der Waals surface area contributed by atoms with Gasteiger partial charge in [-0.2, -0.15) is 0 Å². The van der Waals surface area contributed by atoms with Gasteiger partial charge >= 0.3 is 5.97 Å². The highest BCUT2D eigenvalue weighted by Gasteiger charge is 2.67. The van der Waals surface area contributed by atoms with Crippen molar-refractivity contribution in [1.29, 1.82) is 0 Å². The van der Waals surface area contributed by atoms with Gasteiger partial charge in [0.05, 0.1) is 22.8 Å². The fourth-order valence-electron chi connectivity index (χ4n) is 6.96.